The van der Waals surface area contributed by atoms with Gasteiger partial charge in [-0.2, -0.15) is 4.98 Å². The van der Waals surface area contributed by atoms with Gasteiger partial charge in [0.2, 0.25) is 5.89 Å². The predicted molar refractivity (Wildman–Crippen MR) is 79.0 cm³/mol. The van der Waals surface area contributed by atoms with Crippen LogP contribution in [0.15, 0.2) is 22.7 Å². The maximum atomic E-state index is 13.6. The fourth-order valence-electron chi connectivity index (χ4n) is 2.42. The monoisotopic (exact) mass is 330 g/mol. The number of piperazine rings is 1. The van der Waals surface area contributed by atoms with Gasteiger partial charge in [0, 0.05) is 25.2 Å². The van der Waals surface area contributed by atoms with Crippen LogP contribution >= 0.6 is 12.4 Å². The zero-order valence-electron chi connectivity index (χ0n) is 12.1. The molecule has 1 aromatic heterocycles. The zero-order chi connectivity index (χ0) is 14.8. The Morgan fingerprint density at radius 3 is 3.00 bits per heavy atom. The molecule has 1 atom stereocenters. The van der Waals surface area contributed by atoms with Crippen LogP contribution in [0.4, 0.5) is 8.78 Å². The van der Waals surface area contributed by atoms with Gasteiger partial charge in [-0.15, -0.1) is 12.4 Å². The number of hydrogen-bond acceptors (Lipinski definition) is 5. The van der Waals surface area contributed by atoms with Crippen molar-refractivity contribution < 1.29 is 13.3 Å². The Kier molecular flexibility index (Phi) is 5.44. The molecule has 2 heterocycles. The molecule has 2 aromatic rings. The highest BCUT2D eigenvalue weighted by Crippen LogP contribution is 2.20. The van der Waals surface area contributed by atoms with Crippen molar-refractivity contribution in [3.05, 3.63) is 47.1 Å². The molecular formula is C14H17ClF2N4O. The molecule has 0 amide bonds. The van der Waals surface area contributed by atoms with Gasteiger partial charge < -0.3 is 9.84 Å². The molecule has 1 unspecified atom stereocenters. The lowest BCUT2D eigenvalue weighted by Gasteiger charge is -2.30. The van der Waals surface area contributed by atoms with Crippen molar-refractivity contribution >= 4 is 12.4 Å². The smallest absolute Gasteiger partial charge is 0.231 e. The van der Waals surface area contributed by atoms with E-state index in [0.717, 1.165) is 25.7 Å². The third-order valence-corrected chi connectivity index (χ3v) is 3.67. The second kappa shape index (κ2) is 7.13. The van der Waals surface area contributed by atoms with Crippen LogP contribution in [-0.2, 0) is 6.42 Å². The molecule has 1 fully saturated rings. The molecule has 1 saturated heterocycles. The van der Waals surface area contributed by atoms with Crippen molar-refractivity contribution in [3.63, 3.8) is 0 Å². The van der Waals surface area contributed by atoms with Crippen LogP contribution in [0, 0.1) is 11.6 Å². The molecule has 22 heavy (non-hydrogen) atoms. The van der Waals surface area contributed by atoms with E-state index in [4.69, 9.17) is 4.52 Å². The van der Waals surface area contributed by atoms with Crippen LogP contribution in [0.5, 0.6) is 0 Å². The van der Waals surface area contributed by atoms with E-state index in [1.807, 2.05) is 7.05 Å². The van der Waals surface area contributed by atoms with E-state index in [-0.39, 0.29) is 36.3 Å². The molecule has 1 aliphatic rings. The molecular weight excluding hydrogens is 314 g/mol. The minimum absolute atomic E-state index is 0. The lowest BCUT2D eigenvalue weighted by atomic mass is 10.1. The summed E-state index contributed by atoms with van der Waals surface area (Å²) in [6, 6.07) is 4.09. The Labute approximate surface area is 133 Å². The minimum atomic E-state index is -0.872. The van der Waals surface area contributed by atoms with Gasteiger partial charge in [-0.25, -0.2) is 8.78 Å². The molecule has 0 bridgehead atoms. The molecule has 1 N–H and O–H groups in total. The molecule has 3 rings (SSSR count). The number of rotatable bonds is 3. The average Bonchev–Trinajstić information content (AvgIpc) is 2.93. The molecule has 0 saturated carbocycles. The Morgan fingerprint density at radius 2 is 2.23 bits per heavy atom. The molecule has 120 valence electrons. The number of nitrogens with zero attached hydrogens (tertiary/aromatic N) is 3. The number of hydrogen-bond donors (Lipinski definition) is 1. The summed E-state index contributed by atoms with van der Waals surface area (Å²) in [4.78, 5) is 6.43. The first kappa shape index (κ1) is 16.8. The Morgan fingerprint density at radius 1 is 1.41 bits per heavy atom. The van der Waals surface area contributed by atoms with Crippen LogP contribution in [0.1, 0.15) is 23.3 Å². The van der Waals surface area contributed by atoms with Crippen molar-refractivity contribution in [2.75, 3.05) is 26.7 Å². The second-order valence-electron chi connectivity index (χ2n) is 5.14. The van der Waals surface area contributed by atoms with E-state index >= 15 is 0 Å². The van der Waals surface area contributed by atoms with Crippen LogP contribution in [0.3, 0.4) is 0 Å². The predicted octanol–water partition coefficient (Wildman–Crippen LogP) is 1.94. The maximum Gasteiger partial charge on any atom is 0.231 e. The SMILES string of the molecule is CN1CCNCC1c1noc(Cc2cccc(F)c2F)n1.Cl. The summed E-state index contributed by atoms with van der Waals surface area (Å²) in [5.74, 6) is -0.887. The Hall–Kier alpha value is -1.57. The Bertz CT molecular complexity index is 637. The van der Waals surface area contributed by atoms with Crippen molar-refractivity contribution in [2.45, 2.75) is 12.5 Å². The van der Waals surface area contributed by atoms with Gasteiger partial charge in [-0.1, -0.05) is 17.3 Å². The lowest BCUT2D eigenvalue weighted by molar-refractivity contribution is 0.190. The van der Waals surface area contributed by atoms with E-state index < -0.39 is 11.6 Å². The standard InChI is InChI=1S/C14H16F2N4O.ClH/c1-20-6-5-17-8-11(20)14-18-12(21-19-14)7-9-3-2-4-10(15)13(9)16;/h2-4,11,17H,5-8H2,1H3;1H. The van der Waals surface area contributed by atoms with Crippen molar-refractivity contribution in [2.24, 2.45) is 0 Å². The van der Waals surface area contributed by atoms with Gasteiger partial charge in [0.25, 0.3) is 0 Å². The van der Waals surface area contributed by atoms with E-state index in [0.29, 0.717) is 5.82 Å². The van der Waals surface area contributed by atoms with Crippen molar-refractivity contribution in [1.29, 1.82) is 0 Å². The van der Waals surface area contributed by atoms with Crippen LogP contribution in [-0.4, -0.2) is 41.7 Å². The second-order valence-corrected chi connectivity index (χ2v) is 5.14. The topological polar surface area (TPSA) is 54.2 Å². The van der Waals surface area contributed by atoms with E-state index in [1.165, 1.54) is 12.1 Å². The fraction of sp³-hybridized carbons (Fsp3) is 0.429. The molecule has 5 nitrogen and oxygen atoms in total. The van der Waals surface area contributed by atoms with E-state index in [9.17, 15) is 8.78 Å². The average molecular weight is 331 g/mol. The molecule has 1 aliphatic heterocycles. The van der Waals surface area contributed by atoms with Gasteiger partial charge in [0.05, 0.1) is 12.5 Å². The molecule has 0 radical (unpaired) electrons. The highest BCUT2D eigenvalue weighted by atomic mass is 35.5. The first-order chi connectivity index (χ1) is 10.1. The summed E-state index contributed by atoms with van der Waals surface area (Å²) >= 11 is 0. The Balaban J connectivity index is 0.00000176. The summed E-state index contributed by atoms with van der Waals surface area (Å²) in [6.07, 6.45) is 0.0838. The molecule has 1 aromatic carbocycles. The number of aromatic nitrogens is 2. The van der Waals surface area contributed by atoms with Gasteiger partial charge in [-0.05, 0) is 13.1 Å². The zero-order valence-corrected chi connectivity index (χ0v) is 12.9. The highest BCUT2D eigenvalue weighted by Gasteiger charge is 2.25. The van der Waals surface area contributed by atoms with Gasteiger partial charge in [0.1, 0.15) is 0 Å². The lowest BCUT2D eigenvalue weighted by Crippen LogP contribution is -2.44. The number of likely N-dealkylation sites (N-methyl/N-ethyl adjacent to an activating group) is 1. The first-order valence-corrected chi connectivity index (χ1v) is 6.81. The summed E-state index contributed by atoms with van der Waals surface area (Å²) in [7, 11) is 1.99. The van der Waals surface area contributed by atoms with Crippen LogP contribution in [0.2, 0.25) is 0 Å². The fourth-order valence-corrected chi connectivity index (χ4v) is 2.42. The summed E-state index contributed by atoms with van der Waals surface area (Å²) in [6.45, 7) is 2.56. The number of halogens is 3. The maximum absolute atomic E-state index is 13.6. The van der Waals surface area contributed by atoms with Crippen molar-refractivity contribution in [3.8, 4) is 0 Å². The third-order valence-electron chi connectivity index (χ3n) is 3.67. The van der Waals surface area contributed by atoms with Crippen LogP contribution in [0.25, 0.3) is 0 Å². The van der Waals surface area contributed by atoms with E-state index in [1.54, 1.807) is 0 Å². The first-order valence-electron chi connectivity index (χ1n) is 6.81. The number of nitrogens with one attached hydrogen (secondary N) is 1. The normalized spacial score (nSPS) is 19.0. The summed E-state index contributed by atoms with van der Waals surface area (Å²) < 4.78 is 32.0. The molecule has 8 heteroatoms. The quantitative estimate of drug-likeness (QED) is 0.932. The highest BCUT2D eigenvalue weighted by molar-refractivity contribution is 5.85. The van der Waals surface area contributed by atoms with Gasteiger partial charge in [-0.3, -0.25) is 4.90 Å². The third kappa shape index (κ3) is 3.43. The largest absolute Gasteiger partial charge is 0.339 e. The van der Waals surface area contributed by atoms with Gasteiger partial charge in [0.15, 0.2) is 17.5 Å². The molecule has 0 aliphatic carbocycles. The summed E-state index contributed by atoms with van der Waals surface area (Å²) in [5, 5.41) is 7.22. The van der Waals surface area contributed by atoms with E-state index in [2.05, 4.69) is 20.4 Å². The van der Waals surface area contributed by atoms with Crippen molar-refractivity contribution in [1.82, 2.24) is 20.4 Å². The minimum Gasteiger partial charge on any atom is -0.339 e. The van der Waals surface area contributed by atoms with Gasteiger partial charge >= 0.3 is 0 Å². The number of benzene rings is 1. The molecule has 0 spiro atoms. The van der Waals surface area contributed by atoms with Crippen LogP contribution < -0.4 is 5.32 Å². The summed E-state index contributed by atoms with van der Waals surface area (Å²) in [5.41, 5.74) is 0.209.